The Kier molecular flexibility index (Phi) is 3.03. The molecule has 1 fully saturated rings. The van der Waals surface area contributed by atoms with E-state index in [2.05, 4.69) is 15.1 Å². The first-order valence-corrected chi connectivity index (χ1v) is 6.60. The van der Waals surface area contributed by atoms with Crippen molar-refractivity contribution in [1.82, 2.24) is 19.7 Å². The van der Waals surface area contributed by atoms with Crippen LogP contribution in [0.3, 0.4) is 0 Å². The van der Waals surface area contributed by atoms with Gasteiger partial charge in [-0.15, -0.1) is 0 Å². The maximum atomic E-state index is 6.12. The van der Waals surface area contributed by atoms with Gasteiger partial charge in [-0.2, -0.15) is 5.10 Å². The van der Waals surface area contributed by atoms with Gasteiger partial charge in [0.2, 0.25) is 0 Å². The molecule has 6 heteroatoms. The van der Waals surface area contributed by atoms with Gasteiger partial charge in [-0.1, -0.05) is 11.6 Å². The zero-order valence-corrected chi connectivity index (χ0v) is 11.7. The van der Waals surface area contributed by atoms with Crippen molar-refractivity contribution < 1.29 is 4.74 Å². The monoisotopic (exact) mass is 278 g/mol. The van der Waals surface area contributed by atoms with Crippen LogP contribution in [0.25, 0.3) is 11.3 Å². The van der Waals surface area contributed by atoms with Crippen molar-refractivity contribution in [3.63, 3.8) is 0 Å². The zero-order valence-electron chi connectivity index (χ0n) is 10.9. The van der Waals surface area contributed by atoms with Crippen LogP contribution in [0.15, 0.2) is 18.5 Å². The highest BCUT2D eigenvalue weighted by Gasteiger charge is 2.42. The van der Waals surface area contributed by atoms with Gasteiger partial charge in [0.05, 0.1) is 11.9 Å². The van der Waals surface area contributed by atoms with Crippen molar-refractivity contribution in [2.45, 2.75) is 24.9 Å². The van der Waals surface area contributed by atoms with Crippen LogP contribution in [0.5, 0.6) is 0 Å². The molecule has 3 rings (SSSR count). The normalized spacial score (nSPS) is 17.2. The van der Waals surface area contributed by atoms with Gasteiger partial charge in [-0.25, -0.2) is 9.97 Å². The molecule has 2 heterocycles. The van der Waals surface area contributed by atoms with Gasteiger partial charge in [-0.05, 0) is 19.3 Å². The first-order valence-electron chi connectivity index (χ1n) is 6.22. The summed E-state index contributed by atoms with van der Waals surface area (Å²) in [4.78, 5) is 8.94. The van der Waals surface area contributed by atoms with Crippen molar-refractivity contribution in [2.24, 2.45) is 7.05 Å². The number of aryl methyl sites for hydroxylation is 1. The molecule has 1 aliphatic rings. The van der Waals surface area contributed by atoms with Crippen molar-refractivity contribution in [2.75, 3.05) is 7.11 Å². The van der Waals surface area contributed by atoms with Crippen LogP contribution in [0.2, 0.25) is 5.15 Å². The Morgan fingerprint density at radius 1 is 1.37 bits per heavy atom. The third-order valence-electron chi connectivity index (χ3n) is 3.66. The van der Waals surface area contributed by atoms with Gasteiger partial charge in [0.25, 0.3) is 0 Å². The van der Waals surface area contributed by atoms with E-state index < -0.39 is 0 Å². The van der Waals surface area contributed by atoms with E-state index in [4.69, 9.17) is 16.3 Å². The largest absolute Gasteiger partial charge is 0.370 e. The molecule has 2 aromatic heterocycles. The van der Waals surface area contributed by atoms with Crippen LogP contribution < -0.4 is 0 Å². The third kappa shape index (κ3) is 2.13. The summed E-state index contributed by atoms with van der Waals surface area (Å²) in [7, 11) is 3.57. The van der Waals surface area contributed by atoms with Gasteiger partial charge >= 0.3 is 0 Å². The summed E-state index contributed by atoms with van der Waals surface area (Å²) in [6, 6.07) is 1.75. The highest BCUT2D eigenvalue weighted by atomic mass is 35.5. The molecule has 0 atom stereocenters. The molecule has 0 spiro atoms. The fraction of sp³-hybridized carbons (Fsp3) is 0.462. The van der Waals surface area contributed by atoms with E-state index in [9.17, 15) is 0 Å². The van der Waals surface area contributed by atoms with E-state index in [1.807, 2.05) is 13.2 Å². The lowest BCUT2D eigenvalue weighted by Gasteiger charge is -2.38. The van der Waals surface area contributed by atoms with Crippen molar-refractivity contribution in [3.05, 3.63) is 29.4 Å². The molecule has 0 saturated heterocycles. The minimum absolute atomic E-state index is 0.359. The highest BCUT2D eigenvalue weighted by molar-refractivity contribution is 6.29. The number of hydrogen-bond acceptors (Lipinski definition) is 4. The average molecular weight is 279 g/mol. The Hall–Kier alpha value is -1.46. The molecule has 0 radical (unpaired) electrons. The molecular weight excluding hydrogens is 264 g/mol. The minimum Gasteiger partial charge on any atom is -0.370 e. The average Bonchev–Trinajstić information content (AvgIpc) is 2.75. The SMILES string of the molecule is COC1(c2nc(Cl)cc(-c3cnn(C)c3)n2)CCC1. The lowest BCUT2D eigenvalue weighted by molar-refractivity contribution is -0.0845. The molecule has 19 heavy (non-hydrogen) atoms. The molecule has 0 aromatic carbocycles. The summed E-state index contributed by atoms with van der Waals surface area (Å²) in [6.45, 7) is 0. The van der Waals surface area contributed by atoms with Crippen LogP contribution in [-0.2, 0) is 17.4 Å². The van der Waals surface area contributed by atoms with Gasteiger partial charge in [0.15, 0.2) is 5.82 Å². The second-order valence-electron chi connectivity index (χ2n) is 4.85. The van der Waals surface area contributed by atoms with Crippen LogP contribution in [0.1, 0.15) is 25.1 Å². The fourth-order valence-corrected chi connectivity index (χ4v) is 2.52. The van der Waals surface area contributed by atoms with E-state index in [0.29, 0.717) is 11.0 Å². The van der Waals surface area contributed by atoms with Crippen LogP contribution in [0, 0.1) is 0 Å². The van der Waals surface area contributed by atoms with Crippen molar-refractivity contribution in [3.8, 4) is 11.3 Å². The Balaban J connectivity index is 2.05. The topological polar surface area (TPSA) is 52.8 Å². The second-order valence-corrected chi connectivity index (χ2v) is 5.24. The van der Waals surface area contributed by atoms with Crippen LogP contribution in [-0.4, -0.2) is 26.9 Å². The number of nitrogens with zero attached hydrogens (tertiary/aromatic N) is 4. The predicted octanol–water partition coefficient (Wildman–Crippen LogP) is 2.56. The van der Waals surface area contributed by atoms with Crippen LogP contribution >= 0.6 is 11.6 Å². The van der Waals surface area contributed by atoms with E-state index in [1.165, 1.54) is 0 Å². The van der Waals surface area contributed by atoms with Gasteiger partial charge < -0.3 is 4.74 Å². The van der Waals surface area contributed by atoms with Gasteiger partial charge in [0, 0.05) is 32.0 Å². The second kappa shape index (κ2) is 4.58. The van der Waals surface area contributed by atoms with E-state index in [1.54, 1.807) is 24.1 Å². The quantitative estimate of drug-likeness (QED) is 0.810. The van der Waals surface area contributed by atoms with Gasteiger partial charge in [0.1, 0.15) is 10.8 Å². The molecule has 0 unspecified atom stereocenters. The van der Waals surface area contributed by atoms with Crippen molar-refractivity contribution in [1.29, 1.82) is 0 Å². The zero-order chi connectivity index (χ0) is 13.5. The molecular formula is C13H15ClN4O. The molecule has 100 valence electrons. The maximum absolute atomic E-state index is 6.12. The number of ether oxygens (including phenoxy) is 1. The minimum atomic E-state index is -0.359. The summed E-state index contributed by atoms with van der Waals surface area (Å²) in [5.41, 5.74) is 1.35. The number of hydrogen-bond donors (Lipinski definition) is 0. The first-order chi connectivity index (χ1) is 9.13. The summed E-state index contributed by atoms with van der Waals surface area (Å²) < 4.78 is 7.34. The highest BCUT2D eigenvalue weighted by Crippen LogP contribution is 2.43. The third-order valence-corrected chi connectivity index (χ3v) is 3.85. The standard InChI is InChI=1S/C13H15ClN4O/c1-18-8-9(7-15-18)10-6-11(14)17-12(16-10)13(19-2)4-3-5-13/h6-8H,3-5H2,1-2H3. The molecule has 0 bridgehead atoms. The Bertz CT molecular complexity index is 601. The maximum Gasteiger partial charge on any atom is 0.162 e. The molecule has 5 nitrogen and oxygen atoms in total. The Morgan fingerprint density at radius 2 is 2.16 bits per heavy atom. The Labute approximate surface area is 116 Å². The number of halogens is 1. The molecule has 0 aliphatic heterocycles. The van der Waals surface area contributed by atoms with E-state index >= 15 is 0 Å². The summed E-state index contributed by atoms with van der Waals surface area (Å²) in [5, 5.41) is 4.59. The molecule has 0 amide bonds. The van der Waals surface area contributed by atoms with E-state index in [0.717, 1.165) is 30.5 Å². The molecule has 1 saturated carbocycles. The van der Waals surface area contributed by atoms with Crippen LogP contribution in [0.4, 0.5) is 0 Å². The first kappa shape index (κ1) is 12.6. The number of methoxy groups -OCH3 is 1. The number of rotatable bonds is 3. The summed E-state index contributed by atoms with van der Waals surface area (Å²) in [6.07, 6.45) is 6.68. The van der Waals surface area contributed by atoms with E-state index in [-0.39, 0.29) is 5.60 Å². The predicted molar refractivity (Wildman–Crippen MR) is 71.8 cm³/mol. The number of aromatic nitrogens is 4. The Morgan fingerprint density at radius 3 is 2.68 bits per heavy atom. The smallest absolute Gasteiger partial charge is 0.162 e. The molecule has 1 aliphatic carbocycles. The lowest BCUT2D eigenvalue weighted by Crippen LogP contribution is -2.38. The van der Waals surface area contributed by atoms with Crippen molar-refractivity contribution >= 4 is 11.6 Å². The summed E-state index contributed by atoms with van der Waals surface area (Å²) in [5.74, 6) is 0.674. The van der Waals surface area contributed by atoms with Gasteiger partial charge in [-0.3, -0.25) is 4.68 Å². The fourth-order valence-electron chi connectivity index (χ4n) is 2.34. The molecule has 0 N–H and O–H groups in total. The summed E-state index contributed by atoms with van der Waals surface area (Å²) >= 11 is 6.12. The lowest BCUT2D eigenvalue weighted by atomic mass is 9.79. The molecule has 2 aromatic rings.